The van der Waals surface area contributed by atoms with E-state index in [9.17, 15) is 14.0 Å². The molecule has 0 bridgehead atoms. The first-order valence-corrected chi connectivity index (χ1v) is 9.99. The van der Waals surface area contributed by atoms with Crippen molar-refractivity contribution in [1.29, 1.82) is 0 Å². The third kappa shape index (κ3) is 4.68. The van der Waals surface area contributed by atoms with E-state index >= 15 is 0 Å². The van der Waals surface area contributed by atoms with Gasteiger partial charge in [-0.1, -0.05) is 25.1 Å². The molecule has 0 saturated heterocycles. The second-order valence-electron chi connectivity index (χ2n) is 7.20. The van der Waals surface area contributed by atoms with Crippen LogP contribution in [0.4, 0.5) is 4.39 Å². The molecule has 2 aromatic rings. The van der Waals surface area contributed by atoms with Gasteiger partial charge in [0.2, 0.25) is 5.91 Å². The number of amides is 2. The Kier molecular flexibility index (Phi) is 6.89. The van der Waals surface area contributed by atoms with Crippen LogP contribution >= 0.6 is 0 Å². The van der Waals surface area contributed by atoms with Crippen LogP contribution in [0.2, 0.25) is 0 Å². The van der Waals surface area contributed by atoms with Crippen molar-refractivity contribution in [2.45, 2.75) is 25.8 Å². The van der Waals surface area contributed by atoms with Gasteiger partial charge in [-0.2, -0.15) is 5.10 Å². The normalized spacial score (nSPS) is 15.5. The number of halogens is 1. The van der Waals surface area contributed by atoms with E-state index in [1.54, 1.807) is 64.6 Å². The van der Waals surface area contributed by atoms with Crippen LogP contribution in [0.5, 0.6) is 11.5 Å². The topological polar surface area (TPSA) is 71.4 Å². The zero-order chi connectivity index (χ0) is 22.5. The minimum absolute atomic E-state index is 0.135. The molecule has 0 N–H and O–H groups in total. The van der Waals surface area contributed by atoms with Crippen molar-refractivity contribution in [3.05, 3.63) is 59.4 Å². The Hall–Kier alpha value is -3.42. The Morgan fingerprint density at radius 3 is 2.58 bits per heavy atom. The lowest BCUT2D eigenvalue weighted by Gasteiger charge is -2.26. The molecule has 0 fully saturated rings. The molecule has 0 spiro atoms. The van der Waals surface area contributed by atoms with Gasteiger partial charge in [0.05, 0.1) is 26.0 Å². The summed E-state index contributed by atoms with van der Waals surface area (Å²) in [5.74, 6) is 0.226. The van der Waals surface area contributed by atoms with Crippen LogP contribution in [0.1, 0.15) is 36.9 Å². The van der Waals surface area contributed by atoms with Crippen molar-refractivity contribution in [1.82, 2.24) is 9.91 Å². The summed E-state index contributed by atoms with van der Waals surface area (Å²) >= 11 is 0. The number of carbonyl (C=O) groups excluding carboxylic acids is 2. The van der Waals surface area contributed by atoms with Crippen molar-refractivity contribution in [2.24, 2.45) is 5.10 Å². The van der Waals surface area contributed by atoms with Gasteiger partial charge in [0.1, 0.15) is 23.9 Å². The maximum absolute atomic E-state index is 14.4. The Balaban J connectivity index is 2.02. The number of rotatable bonds is 7. The maximum Gasteiger partial charge on any atom is 0.262 e. The molecule has 0 radical (unpaired) electrons. The van der Waals surface area contributed by atoms with Crippen LogP contribution < -0.4 is 9.47 Å². The van der Waals surface area contributed by atoms with Crippen LogP contribution in [0.3, 0.4) is 0 Å². The molecular weight excluding hydrogens is 401 g/mol. The van der Waals surface area contributed by atoms with Gasteiger partial charge < -0.3 is 14.4 Å². The van der Waals surface area contributed by atoms with Crippen LogP contribution in [0, 0.1) is 5.82 Å². The Morgan fingerprint density at radius 1 is 1.19 bits per heavy atom. The molecule has 8 heteroatoms. The second-order valence-corrected chi connectivity index (χ2v) is 7.20. The minimum Gasteiger partial charge on any atom is -0.497 e. The SMILES string of the molecule is CCC(=O)N(C)CC(=O)N1N=C(c2ccccc2F)C[C@@H]1c1cc(OC)ccc1OC. The number of hydrazone groups is 1. The predicted octanol–water partition coefficient (Wildman–Crippen LogP) is 3.39. The number of ether oxygens (including phenoxy) is 2. The fourth-order valence-electron chi connectivity index (χ4n) is 3.57. The molecule has 0 aliphatic carbocycles. The van der Waals surface area contributed by atoms with Gasteiger partial charge in [0.15, 0.2) is 0 Å². The highest BCUT2D eigenvalue weighted by Gasteiger charge is 2.36. The first-order chi connectivity index (χ1) is 14.9. The average molecular weight is 427 g/mol. The van der Waals surface area contributed by atoms with Crippen LogP contribution in [0.15, 0.2) is 47.6 Å². The first-order valence-electron chi connectivity index (χ1n) is 9.99. The van der Waals surface area contributed by atoms with E-state index in [0.29, 0.717) is 41.2 Å². The number of nitrogens with zero attached hydrogens (tertiary/aromatic N) is 3. The fourth-order valence-corrected chi connectivity index (χ4v) is 3.57. The van der Waals surface area contributed by atoms with Crippen molar-refractivity contribution in [2.75, 3.05) is 27.8 Å². The molecule has 7 nitrogen and oxygen atoms in total. The molecule has 1 aliphatic heterocycles. The predicted molar refractivity (Wildman–Crippen MR) is 115 cm³/mol. The number of likely N-dealkylation sites (N-methyl/N-ethyl adjacent to an activating group) is 1. The molecule has 0 aromatic heterocycles. The maximum atomic E-state index is 14.4. The largest absolute Gasteiger partial charge is 0.497 e. The van der Waals surface area contributed by atoms with Gasteiger partial charge in [-0.3, -0.25) is 9.59 Å². The van der Waals surface area contributed by atoms with Crippen LogP contribution in [-0.2, 0) is 9.59 Å². The Bertz CT molecular complexity index is 1010. The number of hydrogen-bond donors (Lipinski definition) is 0. The van der Waals surface area contributed by atoms with E-state index in [1.165, 1.54) is 16.0 Å². The third-order valence-electron chi connectivity index (χ3n) is 5.25. The first kappa shape index (κ1) is 22.3. The molecule has 0 saturated carbocycles. The highest BCUT2D eigenvalue weighted by atomic mass is 19.1. The van der Waals surface area contributed by atoms with Gasteiger partial charge in [0, 0.05) is 31.0 Å². The molecule has 1 aliphatic rings. The van der Waals surface area contributed by atoms with Crippen LogP contribution in [0.25, 0.3) is 0 Å². The molecule has 31 heavy (non-hydrogen) atoms. The molecule has 2 amide bonds. The summed E-state index contributed by atoms with van der Waals surface area (Å²) in [5.41, 5.74) is 1.48. The fraction of sp³-hybridized carbons (Fsp3) is 0.348. The minimum atomic E-state index is -0.530. The summed E-state index contributed by atoms with van der Waals surface area (Å²) in [6, 6.07) is 11.1. The van der Waals surface area contributed by atoms with Gasteiger partial charge in [-0.25, -0.2) is 9.40 Å². The zero-order valence-electron chi connectivity index (χ0n) is 18.1. The summed E-state index contributed by atoms with van der Waals surface area (Å²) in [6.07, 6.45) is 0.586. The molecule has 164 valence electrons. The number of benzene rings is 2. The van der Waals surface area contributed by atoms with Gasteiger partial charge >= 0.3 is 0 Å². The van der Waals surface area contributed by atoms with Crippen molar-refractivity contribution < 1.29 is 23.5 Å². The van der Waals surface area contributed by atoms with Crippen molar-refractivity contribution >= 4 is 17.5 Å². The number of hydrogen-bond acceptors (Lipinski definition) is 5. The lowest BCUT2D eigenvalue weighted by atomic mass is 9.97. The van der Waals surface area contributed by atoms with Gasteiger partial charge in [0.25, 0.3) is 5.91 Å². The molecule has 1 atom stereocenters. The monoisotopic (exact) mass is 427 g/mol. The van der Waals surface area contributed by atoms with Crippen molar-refractivity contribution in [3.8, 4) is 11.5 Å². The van der Waals surface area contributed by atoms with Crippen LogP contribution in [-0.4, -0.2) is 55.2 Å². The Morgan fingerprint density at radius 2 is 1.94 bits per heavy atom. The van der Waals surface area contributed by atoms with E-state index in [-0.39, 0.29) is 18.4 Å². The summed E-state index contributed by atoms with van der Waals surface area (Å²) in [6.45, 7) is 1.60. The molecule has 1 heterocycles. The van der Waals surface area contributed by atoms with E-state index in [1.807, 2.05) is 0 Å². The van der Waals surface area contributed by atoms with E-state index in [4.69, 9.17) is 9.47 Å². The summed E-state index contributed by atoms with van der Waals surface area (Å²) in [7, 11) is 4.66. The summed E-state index contributed by atoms with van der Waals surface area (Å²) in [5, 5.41) is 5.79. The molecule has 2 aromatic carbocycles. The summed E-state index contributed by atoms with van der Waals surface area (Å²) < 4.78 is 25.3. The van der Waals surface area contributed by atoms with E-state index in [2.05, 4.69) is 5.10 Å². The lowest BCUT2D eigenvalue weighted by Crippen LogP contribution is -2.39. The van der Waals surface area contributed by atoms with E-state index < -0.39 is 11.9 Å². The quantitative estimate of drug-likeness (QED) is 0.679. The number of methoxy groups -OCH3 is 2. The molecule has 0 unspecified atom stereocenters. The average Bonchev–Trinajstić information content (AvgIpc) is 3.23. The van der Waals surface area contributed by atoms with Gasteiger partial charge in [-0.15, -0.1) is 0 Å². The third-order valence-corrected chi connectivity index (χ3v) is 5.25. The zero-order valence-corrected chi connectivity index (χ0v) is 18.1. The van der Waals surface area contributed by atoms with Gasteiger partial charge in [-0.05, 0) is 24.3 Å². The standard InChI is InChI=1S/C23H26FN3O4/c1-5-22(28)26(2)14-23(29)27-20(17-12-15(30-3)10-11-21(17)31-4)13-19(25-27)16-8-6-7-9-18(16)24/h6-12,20H,5,13-14H2,1-4H3/t20-/m1/s1. The van der Waals surface area contributed by atoms with Crippen molar-refractivity contribution in [3.63, 3.8) is 0 Å². The number of carbonyl (C=O) groups is 2. The molecular formula is C23H26FN3O4. The van der Waals surface area contributed by atoms with E-state index in [0.717, 1.165) is 0 Å². The summed E-state index contributed by atoms with van der Waals surface area (Å²) in [4.78, 5) is 26.5. The second kappa shape index (κ2) is 9.59. The highest BCUT2D eigenvalue weighted by molar-refractivity contribution is 6.03. The Labute approximate surface area is 181 Å². The lowest BCUT2D eigenvalue weighted by molar-refractivity contribution is -0.140. The highest BCUT2D eigenvalue weighted by Crippen LogP contribution is 2.39. The smallest absolute Gasteiger partial charge is 0.262 e. The molecule has 3 rings (SSSR count).